The molecule has 0 saturated carbocycles. The van der Waals surface area contributed by atoms with Crippen molar-refractivity contribution in [3.05, 3.63) is 58.3 Å². The number of aryl methyl sites for hydroxylation is 1. The lowest BCUT2D eigenvalue weighted by atomic mass is 10.2. The smallest absolute Gasteiger partial charge is 0.341 e. The van der Waals surface area contributed by atoms with E-state index in [1.807, 2.05) is 18.2 Å². The number of carbonyl (C=O) groups excluding carboxylic acids is 1. The summed E-state index contributed by atoms with van der Waals surface area (Å²) in [5.74, 6) is 1.68. The summed E-state index contributed by atoms with van der Waals surface area (Å²) in [6.45, 7) is 5.60. The van der Waals surface area contributed by atoms with Crippen molar-refractivity contribution in [1.82, 2.24) is 15.1 Å². The molecule has 2 aromatic heterocycles. The summed E-state index contributed by atoms with van der Waals surface area (Å²) >= 11 is 6.20. The average Bonchev–Trinajstić information content (AvgIpc) is 3.28. The van der Waals surface area contributed by atoms with Gasteiger partial charge in [-0.25, -0.2) is 4.79 Å². The van der Waals surface area contributed by atoms with E-state index in [4.69, 9.17) is 25.2 Å². The predicted molar refractivity (Wildman–Crippen MR) is 104 cm³/mol. The summed E-state index contributed by atoms with van der Waals surface area (Å²) in [7, 11) is 1.35. The summed E-state index contributed by atoms with van der Waals surface area (Å²) in [6, 6.07) is 9.05. The Kier molecular flexibility index (Phi) is 6.49. The van der Waals surface area contributed by atoms with Gasteiger partial charge in [0.1, 0.15) is 17.1 Å². The van der Waals surface area contributed by atoms with E-state index >= 15 is 0 Å². The molecule has 28 heavy (non-hydrogen) atoms. The maximum atomic E-state index is 11.8. The van der Waals surface area contributed by atoms with E-state index in [1.165, 1.54) is 7.11 Å². The average molecular weight is 404 g/mol. The van der Waals surface area contributed by atoms with Gasteiger partial charge in [0.05, 0.1) is 30.8 Å². The van der Waals surface area contributed by atoms with Gasteiger partial charge in [-0.1, -0.05) is 30.7 Å². The van der Waals surface area contributed by atoms with Crippen LogP contribution in [0.25, 0.3) is 11.5 Å². The highest BCUT2D eigenvalue weighted by Gasteiger charge is 2.19. The number of aromatic nitrogens is 2. The normalized spacial score (nSPS) is 11.2. The third-order valence-corrected chi connectivity index (χ3v) is 4.55. The number of rotatable bonds is 8. The maximum Gasteiger partial charge on any atom is 0.341 e. The Morgan fingerprint density at radius 3 is 2.71 bits per heavy atom. The number of nitrogens with zero attached hydrogens (tertiary/aromatic N) is 3. The summed E-state index contributed by atoms with van der Waals surface area (Å²) in [4.78, 5) is 13.9. The monoisotopic (exact) mass is 403 g/mol. The molecular formula is C20H22ClN3O4. The number of benzene rings is 1. The fourth-order valence-electron chi connectivity index (χ4n) is 2.94. The Bertz CT molecular complexity index is 951. The van der Waals surface area contributed by atoms with E-state index in [2.05, 4.69) is 22.0 Å². The number of halogens is 1. The molecule has 8 heteroatoms. The second kappa shape index (κ2) is 9.03. The van der Waals surface area contributed by atoms with Crippen LogP contribution in [0.2, 0.25) is 5.02 Å². The first kappa shape index (κ1) is 20.1. The summed E-state index contributed by atoms with van der Waals surface area (Å²) in [5, 5.41) is 8.81. The van der Waals surface area contributed by atoms with Crippen LogP contribution in [0.15, 0.2) is 39.2 Å². The predicted octanol–water partition coefficient (Wildman–Crippen LogP) is 4.49. The molecule has 0 atom stereocenters. The van der Waals surface area contributed by atoms with Crippen molar-refractivity contribution in [2.45, 2.75) is 33.4 Å². The van der Waals surface area contributed by atoms with Crippen molar-refractivity contribution in [2.24, 2.45) is 0 Å². The highest BCUT2D eigenvalue weighted by Crippen LogP contribution is 2.26. The van der Waals surface area contributed by atoms with E-state index in [0.717, 1.165) is 13.0 Å². The van der Waals surface area contributed by atoms with Gasteiger partial charge in [0, 0.05) is 0 Å². The molecule has 7 nitrogen and oxygen atoms in total. The Hall–Kier alpha value is -2.64. The molecule has 0 fully saturated rings. The summed E-state index contributed by atoms with van der Waals surface area (Å²) in [5.41, 5.74) is 1.14. The van der Waals surface area contributed by atoms with Gasteiger partial charge < -0.3 is 13.6 Å². The zero-order valence-electron chi connectivity index (χ0n) is 16.1. The van der Waals surface area contributed by atoms with E-state index in [1.54, 1.807) is 19.1 Å². The van der Waals surface area contributed by atoms with Crippen LogP contribution >= 0.6 is 11.6 Å². The van der Waals surface area contributed by atoms with Crippen LogP contribution < -0.4 is 0 Å². The SMILES string of the molecule is CCCN(Cc1cc(C(=O)OC)c(C)o1)Cc1nnc(-c2ccccc2Cl)o1. The molecule has 0 aliphatic carbocycles. The Morgan fingerprint density at radius 2 is 2.00 bits per heavy atom. The number of furan rings is 1. The first-order valence-electron chi connectivity index (χ1n) is 8.99. The molecular weight excluding hydrogens is 382 g/mol. The lowest BCUT2D eigenvalue weighted by molar-refractivity contribution is 0.0599. The molecule has 0 N–H and O–H groups in total. The minimum Gasteiger partial charge on any atom is -0.465 e. The molecule has 3 rings (SSSR count). The van der Waals surface area contributed by atoms with Crippen molar-refractivity contribution < 1.29 is 18.4 Å². The molecule has 0 radical (unpaired) electrons. The van der Waals surface area contributed by atoms with Crippen molar-refractivity contribution in [1.29, 1.82) is 0 Å². The number of carbonyl (C=O) groups is 1. The highest BCUT2D eigenvalue weighted by molar-refractivity contribution is 6.33. The summed E-state index contributed by atoms with van der Waals surface area (Å²) in [6.07, 6.45) is 0.940. The van der Waals surface area contributed by atoms with Gasteiger partial charge in [-0.2, -0.15) is 0 Å². The molecule has 0 saturated heterocycles. The van der Waals surface area contributed by atoms with Crippen molar-refractivity contribution in [3.8, 4) is 11.5 Å². The molecule has 0 unspecified atom stereocenters. The summed E-state index contributed by atoms with van der Waals surface area (Å²) < 4.78 is 16.3. The first-order chi connectivity index (χ1) is 13.5. The van der Waals surface area contributed by atoms with E-state index in [9.17, 15) is 4.79 Å². The van der Waals surface area contributed by atoms with Gasteiger partial charge in [-0.15, -0.1) is 10.2 Å². The minimum atomic E-state index is -0.407. The van der Waals surface area contributed by atoms with Gasteiger partial charge in [0.15, 0.2) is 0 Å². The van der Waals surface area contributed by atoms with Crippen LogP contribution in [0.3, 0.4) is 0 Å². The van der Waals surface area contributed by atoms with E-state index < -0.39 is 5.97 Å². The third kappa shape index (κ3) is 4.61. The molecule has 0 bridgehead atoms. The number of hydrogen-bond donors (Lipinski definition) is 0. The minimum absolute atomic E-state index is 0.388. The standard InChI is InChI=1S/C20H22ClN3O4/c1-4-9-24(11-14-10-16(13(2)27-14)20(25)26-3)12-18-22-23-19(28-18)15-7-5-6-8-17(15)21/h5-8,10H,4,9,11-12H2,1-3H3. The van der Waals surface area contributed by atoms with Crippen LogP contribution in [0.4, 0.5) is 0 Å². The van der Waals surface area contributed by atoms with Crippen LogP contribution in [-0.4, -0.2) is 34.7 Å². The van der Waals surface area contributed by atoms with Crippen LogP contribution in [0, 0.1) is 6.92 Å². The fraction of sp³-hybridized carbons (Fsp3) is 0.350. The van der Waals surface area contributed by atoms with Gasteiger partial charge in [-0.05, 0) is 38.1 Å². The molecule has 3 aromatic rings. The maximum absolute atomic E-state index is 11.8. The molecule has 0 aliphatic rings. The lowest BCUT2D eigenvalue weighted by Gasteiger charge is -2.18. The first-order valence-corrected chi connectivity index (χ1v) is 9.36. The Morgan fingerprint density at radius 1 is 1.21 bits per heavy atom. The van der Waals surface area contributed by atoms with Crippen LogP contribution in [0.1, 0.15) is 41.1 Å². The van der Waals surface area contributed by atoms with Gasteiger partial charge >= 0.3 is 5.97 Å². The van der Waals surface area contributed by atoms with Crippen LogP contribution in [-0.2, 0) is 17.8 Å². The fourth-order valence-corrected chi connectivity index (χ4v) is 3.15. The van der Waals surface area contributed by atoms with Crippen molar-refractivity contribution >= 4 is 17.6 Å². The zero-order chi connectivity index (χ0) is 20.1. The van der Waals surface area contributed by atoms with Gasteiger partial charge in [0.25, 0.3) is 0 Å². The number of ether oxygens (including phenoxy) is 1. The second-order valence-corrected chi connectivity index (χ2v) is 6.77. The van der Waals surface area contributed by atoms with Crippen molar-refractivity contribution in [2.75, 3.05) is 13.7 Å². The lowest BCUT2D eigenvalue weighted by Crippen LogP contribution is -2.23. The highest BCUT2D eigenvalue weighted by atomic mass is 35.5. The molecule has 0 amide bonds. The largest absolute Gasteiger partial charge is 0.465 e. The zero-order valence-corrected chi connectivity index (χ0v) is 16.8. The Labute approximate surface area is 168 Å². The van der Waals surface area contributed by atoms with Gasteiger partial charge in [0.2, 0.25) is 11.8 Å². The van der Waals surface area contributed by atoms with E-state index in [-0.39, 0.29) is 0 Å². The molecule has 148 valence electrons. The number of esters is 1. The number of methoxy groups -OCH3 is 1. The van der Waals surface area contributed by atoms with E-state index in [0.29, 0.717) is 52.5 Å². The van der Waals surface area contributed by atoms with Crippen LogP contribution in [0.5, 0.6) is 0 Å². The quantitative estimate of drug-likeness (QED) is 0.512. The third-order valence-electron chi connectivity index (χ3n) is 4.22. The molecule has 0 spiro atoms. The molecule has 2 heterocycles. The molecule has 1 aromatic carbocycles. The molecule has 0 aliphatic heterocycles. The Balaban J connectivity index is 1.74. The second-order valence-electron chi connectivity index (χ2n) is 6.37. The topological polar surface area (TPSA) is 81.6 Å². The van der Waals surface area contributed by atoms with Crippen molar-refractivity contribution in [3.63, 3.8) is 0 Å². The number of hydrogen-bond acceptors (Lipinski definition) is 7. The van der Waals surface area contributed by atoms with Gasteiger partial charge in [-0.3, -0.25) is 4.90 Å².